The zero-order chi connectivity index (χ0) is 17.1. The predicted molar refractivity (Wildman–Crippen MR) is 83.8 cm³/mol. The summed E-state index contributed by atoms with van der Waals surface area (Å²) in [7, 11) is 3.29. The highest BCUT2D eigenvalue weighted by molar-refractivity contribution is 9.10. The third kappa shape index (κ3) is 5.22. The van der Waals surface area contributed by atoms with Crippen LogP contribution in [-0.4, -0.2) is 41.3 Å². The first-order chi connectivity index (χ1) is 10.0. The van der Waals surface area contributed by atoms with Crippen LogP contribution in [0.3, 0.4) is 0 Å². The second-order valence-corrected chi connectivity index (χ2v) is 6.74. The van der Waals surface area contributed by atoms with E-state index in [1.54, 1.807) is 34.9 Å². The minimum Gasteiger partial charge on any atom is -0.456 e. The average Bonchev–Trinajstić information content (AvgIpc) is 2.35. The van der Waals surface area contributed by atoms with Gasteiger partial charge in [0, 0.05) is 31.0 Å². The highest BCUT2D eigenvalue weighted by Gasteiger charge is 2.28. The van der Waals surface area contributed by atoms with E-state index < -0.39 is 23.3 Å². The molecule has 0 amide bonds. The van der Waals surface area contributed by atoms with Gasteiger partial charge in [-0.2, -0.15) is 4.39 Å². The smallest absolute Gasteiger partial charge is 0.344 e. The van der Waals surface area contributed by atoms with Crippen LogP contribution in [0.4, 0.5) is 4.39 Å². The van der Waals surface area contributed by atoms with Gasteiger partial charge in [0.1, 0.15) is 11.2 Å². The van der Waals surface area contributed by atoms with Crippen molar-refractivity contribution in [3.05, 3.63) is 40.0 Å². The molecule has 0 bridgehead atoms. The summed E-state index contributed by atoms with van der Waals surface area (Å²) < 4.78 is 19.4. The van der Waals surface area contributed by atoms with E-state index in [2.05, 4.69) is 20.9 Å². The van der Waals surface area contributed by atoms with Gasteiger partial charge >= 0.3 is 5.97 Å². The number of nitrogens with zero attached hydrogens (tertiary/aromatic N) is 2. The number of ketones is 1. The Balaban J connectivity index is 3.26. The molecule has 1 aromatic rings. The number of ether oxygens (including phenoxy) is 1. The van der Waals surface area contributed by atoms with Crippen molar-refractivity contribution in [2.24, 2.45) is 0 Å². The molecular formula is C15H18BrFN2O3. The van der Waals surface area contributed by atoms with E-state index >= 15 is 0 Å². The van der Waals surface area contributed by atoms with Crippen LogP contribution < -0.4 is 0 Å². The average molecular weight is 373 g/mol. The van der Waals surface area contributed by atoms with Crippen LogP contribution >= 0.6 is 15.9 Å². The van der Waals surface area contributed by atoms with Crippen molar-refractivity contribution >= 4 is 27.7 Å². The summed E-state index contributed by atoms with van der Waals surface area (Å²) in [4.78, 5) is 29.7. The van der Waals surface area contributed by atoms with Crippen LogP contribution in [-0.2, 0) is 9.53 Å². The molecule has 0 aromatic carbocycles. The molecule has 7 heteroatoms. The molecule has 0 unspecified atom stereocenters. The Hall–Kier alpha value is -1.76. The summed E-state index contributed by atoms with van der Waals surface area (Å²) in [5, 5.41) is 0. The Morgan fingerprint density at radius 2 is 1.95 bits per heavy atom. The van der Waals surface area contributed by atoms with Crippen molar-refractivity contribution in [3.8, 4) is 0 Å². The van der Waals surface area contributed by atoms with Crippen LogP contribution in [0.1, 0.15) is 31.1 Å². The Morgan fingerprint density at radius 3 is 2.45 bits per heavy atom. The molecule has 0 radical (unpaired) electrons. The zero-order valence-corrected chi connectivity index (χ0v) is 14.7. The second-order valence-electron chi connectivity index (χ2n) is 5.83. The van der Waals surface area contributed by atoms with Gasteiger partial charge in [-0.15, -0.1) is 0 Å². The first-order valence-electron chi connectivity index (χ1n) is 6.48. The van der Waals surface area contributed by atoms with E-state index in [1.165, 1.54) is 23.4 Å². The molecule has 1 heterocycles. The fourth-order valence-electron chi connectivity index (χ4n) is 1.52. The van der Waals surface area contributed by atoms with E-state index in [-0.39, 0.29) is 11.1 Å². The molecule has 0 spiro atoms. The lowest BCUT2D eigenvalue weighted by molar-refractivity contribution is -0.149. The molecule has 0 saturated heterocycles. The minimum absolute atomic E-state index is 0.265. The van der Waals surface area contributed by atoms with Gasteiger partial charge in [-0.3, -0.25) is 4.79 Å². The molecule has 0 N–H and O–H groups in total. The van der Waals surface area contributed by atoms with E-state index in [1.807, 2.05) is 0 Å². The molecule has 22 heavy (non-hydrogen) atoms. The summed E-state index contributed by atoms with van der Waals surface area (Å²) in [5.41, 5.74) is -1.33. The van der Waals surface area contributed by atoms with Gasteiger partial charge in [-0.1, -0.05) is 0 Å². The van der Waals surface area contributed by atoms with Crippen molar-refractivity contribution in [2.75, 3.05) is 14.1 Å². The van der Waals surface area contributed by atoms with E-state index in [0.29, 0.717) is 4.47 Å². The highest BCUT2D eigenvalue weighted by Crippen LogP contribution is 2.19. The lowest BCUT2D eigenvalue weighted by atomic mass is 10.1. The fraction of sp³-hybridized carbons (Fsp3) is 0.400. The maximum Gasteiger partial charge on any atom is 0.344 e. The molecule has 1 rings (SSSR count). The molecule has 0 aliphatic rings. The van der Waals surface area contributed by atoms with Crippen LogP contribution in [0.25, 0.3) is 0 Å². The Kier molecular flexibility index (Phi) is 5.82. The van der Waals surface area contributed by atoms with E-state index in [4.69, 9.17) is 4.74 Å². The van der Waals surface area contributed by atoms with Gasteiger partial charge in [0.2, 0.25) is 11.7 Å². The van der Waals surface area contributed by atoms with Gasteiger partial charge in [-0.25, -0.2) is 9.78 Å². The number of Topliss-reactive ketones (excluding diaryl/α,β-unsaturated/α-hetero) is 1. The minimum atomic E-state index is -0.943. The molecule has 0 aliphatic heterocycles. The Morgan fingerprint density at radius 1 is 1.36 bits per heavy atom. The van der Waals surface area contributed by atoms with Gasteiger partial charge < -0.3 is 9.64 Å². The van der Waals surface area contributed by atoms with Gasteiger partial charge in [0.15, 0.2) is 0 Å². The van der Waals surface area contributed by atoms with Crippen molar-refractivity contribution in [1.82, 2.24) is 9.88 Å². The number of rotatable bonds is 4. The summed E-state index contributed by atoms with van der Waals surface area (Å²) in [6.07, 6.45) is 2.53. The molecule has 0 fully saturated rings. The topological polar surface area (TPSA) is 59.5 Å². The maximum absolute atomic E-state index is 13.8. The highest BCUT2D eigenvalue weighted by atomic mass is 79.9. The van der Waals surface area contributed by atoms with Gasteiger partial charge in [-0.05, 0) is 42.8 Å². The van der Waals surface area contributed by atoms with Crippen molar-refractivity contribution in [3.63, 3.8) is 0 Å². The number of carbonyl (C=O) groups is 2. The molecule has 5 nitrogen and oxygen atoms in total. The molecule has 0 aliphatic carbocycles. The molecule has 1 aromatic heterocycles. The number of hydrogen-bond donors (Lipinski definition) is 0. The van der Waals surface area contributed by atoms with Gasteiger partial charge in [0.05, 0.1) is 5.56 Å². The largest absolute Gasteiger partial charge is 0.456 e. The SMILES string of the molecule is CN(C)/C=C(\C(=O)OC(C)(C)C)C(=O)c1cc(Br)cnc1F. The molecular weight excluding hydrogens is 355 g/mol. The first-order valence-corrected chi connectivity index (χ1v) is 7.28. The third-order valence-corrected chi connectivity index (χ3v) is 2.73. The second kappa shape index (κ2) is 7.00. The first kappa shape index (κ1) is 18.3. The van der Waals surface area contributed by atoms with Crippen molar-refractivity contribution in [2.45, 2.75) is 26.4 Å². The Labute approximate surface area is 137 Å². The summed E-state index contributed by atoms with van der Waals surface area (Å²) in [6.45, 7) is 5.05. The van der Waals surface area contributed by atoms with Gasteiger partial charge in [0.25, 0.3) is 0 Å². The number of esters is 1. The number of pyridine rings is 1. The standard InChI is InChI=1S/C15H18BrFN2O3/c1-15(2,3)22-14(21)11(8-19(4)5)12(20)10-6-9(16)7-18-13(10)17/h6-8H,1-5H3/b11-8-. The zero-order valence-electron chi connectivity index (χ0n) is 13.1. The lowest BCUT2D eigenvalue weighted by Gasteiger charge is -2.21. The van der Waals surface area contributed by atoms with E-state index in [0.717, 1.165) is 0 Å². The molecule has 120 valence electrons. The summed E-state index contributed by atoms with van der Waals surface area (Å²) in [5.74, 6) is -2.54. The maximum atomic E-state index is 13.8. The van der Waals surface area contributed by atoms with Crippen molar-refractivity contribution in [1.29, 1.82) is 0 Å². The number of hydrogen-bond acceptors (Lipinski definition) is 5. The van der Waals surface area contributed by atoms with Crippen LogP contribution in [0.5, 0.6) is 0 Å². The number of aromatic nitrogens is 1. The van der Waals surface area contributed by atoms with Crippen molar-refractivity contribution < 1.29 is 18.7 Å². The quantitative estimate of drug-likeness (QED) is 0.203. The number of halogens is 2. The normalized spacial score (nSPS) is 12.0. The lowest BCUT2D eigenvalue weighted by Crippen LogP contribution is -2.28. The molecule has 0 atom stereocenters. The summed E-state index contributed by atoms with van der Waals surface area (Å²) in [6, 6.07) is 1.28. The Bertz CT molecular complexity index is 622. The number of carbonyl (C=O) groups excluding carboxylic acids is 2. The monoisotopic (exact) mass is 372 g/mol. The van der Waals surface area contributed by atoms with Crippen LogP contribution in [0.15, 0.2) is 28.5 Å². The fourth-order valence-corrected chi connectivity index (χ4v) is 1.85. The predicted octanol–water partition coefficient (Wildman–Crippen LogP) is 2.95. The van der Waals surface area contributed by atoms with E-state index in [9.17, 15) is 14.0 Å². The molecule has 0 saturated carbocycles. The third-order valence-electron chi connectivity index (χ3n) is 2.30. The summed E-state index contributed by atoms with van der Waals surface area (Å²) >= 11 is 3.12. The van der Waals surface area contributed by atoms with Crippen LogP contribution in [0, 0.1) is 5.95 Å². The van der Waals surface area contributed by atoms with Crippen LogP contribution in [0.2, 0.25) is 0 Å².